The van der Waals surface area contributed by atoms with Gasteiger partial charge in [0.1, 0.15) is 17.1 Å². The summed E-state index contributed by atoms with van der Waals surface area (Å²) in [5, 5.41) is 11.1. The summed E-state index contributed by atoms with van der Waals surface area (Å²) in [7, 11) is 4.06. The molecular weight excluding hydrogens is 507 g/mol. The fourth-order valence-electron chi connectivity index (χ4n) is 5.25. The number of anilines is 2. The van der Waals surface area contributed by atoms with Crippen LogP contribution in [0.3, 0.4) is 0 Å². The summed E-state index contributed by atoms with van der Waals surface area (Å²) in [4.78, 5) is 30.1. The minimum Gasteiger partial charge on any atom is -0.507 e. The van der Waals surface area contributed by atoms with Crippen molar-refractivity contribution >= 4 is 40.2 Å². The van der Waals surface area contributed by atoms with Gasteiger partial charge in [0.2, 0.25) is 11.9 Å². The number of nitrogens with zero attached hydrogens (tertiary/aromatic N) is 6. The molecule has 2 aliphatic rings. The van der Waals surface area contributed by atoms with E-state index in [2.05, 4.69) is 21.4 Å². The van der Waals surface area contributed by atoms with Crippen molar-refractivity contribution in [2.45, 2.75) is 32.0 Å². The van der Waals surface area contributed by atoms with Crippen LogP contribution in [0.25, 0.3) is 22.0 Å². The Morgan fingerprint density at radius 1 is 1.16 bits per heavy atom. The lowest BCUT2D eigenvalue weighted by atomic mass is 10.0. The van der Waals surface area contributed by atoms with Gasteiger partial charge in [-0.2, -0.15) is 4.98 Å². The maximum absolute atomic E-state index is 16.3. The molecule has 2 aromatic carbocycles. The van der Waals surface area contributed by atoms with E-state index < -0.39 is 5.82 Å². The molecule has 2 saturated heterocycles. The lowest BCUT2D eigenvalue weighted by Gasteiger charge is -2.45. The highest BCUT2D eigenvalue weighted by Gasteiger charge is 2.36. The Morgan fingerprint density at radius 2 is 1.87 bits per heavy atom. The molecule has 1 N–H and O–H groups in total. The van der Waals surface area contributed by atoms with Crippen LogP contribution in [0.5, 0.6) is 5.75 Å². The minimum absolute atomic E-state index is 0.0656. The van der Waals surface area contributed by atoms with Gasteiger partial charge in [0.25, 0.3) is 0 Å². The Bertz CT molecular complexity index is 1410. The molecular formula is C28H32ClFN6O2. The van der Waals surface area contributed by atoms with Crippen molar-refractivity contribution in [2.75, 3.05) is 50.1 Å². The van der Waals surface area contributed by atoms with Crippen LogP contribution in [0.2, 0.25) is 5.02 Å². The number of benzene rings is 2. The summed E-state index contributed by atoms with van der Waals surface area (Å²) in [5.41, 5.74) is 0.546. The molecule has 0 aliphatic carbocycles. The number of fused-ring (bicyclic) bond motifs is 1. The Kier molecular flexibility index (Phi) is 6.92. The van der Waals surface area contributed by atoms with Gasteiger partial charge in [0.05, 0.1) is 5.02 Å². The van der Waals surface area contributed by atoms with Crippen molar-refractivity contribution in [3.05, 3.63) is 53.8 Å². The van der Waals surface area contributed by atoms with Crippen LogP contribution >= 0.6 is 11.6 Å². The molecule has 2 aliphatic heterocycles. The first-order valence-corrected chi connectivity index (χ1v) is 13.1. The third-order valence-corrected chi connectivity index (χ3v) is 7.91. The number of aromatic hydroxyl groups is 1. The number of phenolic OH excluding ortho intramolecular Hbond substituents is 1. The zero-order valence-corrected chi connectivity index (χ0v) is 22.8. The largest absolute Gasteiger partial charge is 0.507 e. The molecule has 0 saturated carbocycles. The van der Waals surface area contributed by atoms with Crippen LogP contribution in [0.15, 0.2) is 43.0 Å². The monoisotopic (exact) mass is 538 g/mol. The minimum atomic E-state index is -0.607. The fraction of sp³-hybridized carbons (Fsp3) is 0.393. The molecule has 1 aromatic heterocycles. The van der Waals surface area contributed by atoms with E-state index in [-0.39, 0.29) is 39.8 Å². The lowest BCUT2D eigenvalue weighted by Crippen LogP contribution is -2.59. The number of hydrogen-bond acceptors (Lipinski definition) is 7. The molecule has 3 aromatic rings. The smallest absolute Gasteiger partial charge is 0.246 e. The summed E-state index contributed by atoms with van der Waals surface area (Å²) < 4.78 is 16.3. The van der Waals surface area contributed by atoms with Crippen molar-refractivity contribution in [3.8, 4) is 16.9 Å². The standard InChI is InChI=1S/C28H32ClFN6O2/c1-6-23(38)35-12-17(3)36(13-16(35)2)27-20-11-21(29)24(19-9-7-8-10-22(19)37)25(30)26(20)31-28(32-27)34-14-18(15-34)33(4)5/h6-11,16-18,37H,1,12-15H2,2-5H3/t16-,17+/m1/s1. The maximum Gasteiger partial charge on any atom is 0.246 e. The Morgan fingerprint density at radius 3 is 2.53 bits per heavy atom. The van der Waals surface area contributed by atoms with E-state index >= 15 is 4.39 Å². The lowest BCUT2D eigenvalue weighted by molar-refractivity contribution is -0.128. The highest BCUT2D eigenvalue weighted by atomic mass is 35.5. The number of carbonyl (C=O) groups excluding carboxylic acids is 1. The van der Waals surface area contributed by atoms with E-state index in [0.717, 1.165) is 13.1 Å². The number of carbonyl (C=O) groups is 1. The number of aromatic nitrogens is 2. The van der Waals surface area contributed by atoms with Crippen LogP contribution < -0.4 is 9.80 Å². The van der Waals surface area contributed by atoms with Gasteiger partial charge in [-0.15, -0.1) is 0 Å². The van der Waals surface area contributed by atoms with Gasteiger partial charge >= 0.3 is 0 Å². The molecule has 2 fully saturated rings. The Balaban J connectivity index is 1.66. The molecule has 8 nitrogen and oxygen atoms in total. The predicted octanol–water partition coefficient (Wildman–Crippen LogP) is 4.16. The number of rotatable bonds is 5. The molecule has 200 valence electrons. The molecule has 0 spiro atoms. The highest BCUT2D eigenvalue weighted by Crippen LogP contribution is 2.42. The third kappa shape index (κ3) is 4.43. The molecule has 0 bridgehead atoms. The first-order chi connectivity index (χ1) is 18.1. The van der Waals surface area contributed by atoms with Crippen molar-refractivity contribution in [1.29, 1.82) is 0 Å². The summed E-state index contributed by atoms with van der Waals surface area (Å²) in [6.45, 7) is 10.1. The normalized spacial score (nSPS) is 20.2. The number of likely N-dealkylation sites (N-methyl/N-ethyl adjacent to an activating group) is 1. The molecule has 0 radical (unpaired) electrons. The van der Waals surface area contributed by atoms with E-state index in [4.69, 9.17) is 16.6 Å². The number of para-hydroxylation sites is 1. The maximum atomic E-state index is 16.3. The number of piperazine rings is 1. The van der Waals surface area contributed by atoms with Crippen LogP contribution in [-0.4, -0.2) is 89.2 Å². The average molecular weight is 539 g/mol. The number of hydrogen-bond donors (Lipinski definition) is 1. The molecule has 0 unspecified atom stereocenters. The fourth-order valence-corrected chi connectivity index (χ4v) is 5.55. The number of amides is 1. The molecule has 10 heteroatoms. The summed E-state index contributed by atoms with van der Waals surface area (Å²) >= 11 is 6.66. The van der Waals surface area contributed by atoms with Gasteiger partial charge in [0.15, 0.2) is 5.82 Å². The molecule has 5 rings (SSSR count). The second-order valence-electron chi connectivity index (χ2n) is 10.4. The van der Waals surface area contributed by atoms with E-state index in [1.54, 1.807) is 29.2 Å². The SMILES string of the molecule is C=CC(=O)N1C[C@H](C)N(c2nc(N3CC(N(C)C)C3)nc3c(F)c(-c4ccccc4O)c(Cl)cc23)C[C@H]1C. The zero-order chi connectivity index (χ0) is 27.3. The summed E-state index contributed by atoms with van der Waals surface area (Å²) in [5.74, 6) is 0.232. The van der Waals surface area contributed by atoms with Crippen molar-refractivity contribution in [1.82, 2.24) is 19.8 Å². The average Bonchev–Trinajstić information content (AvgIpc) is 2.84. The van der Waals surface area contributed by atoms with Crippen LogP contribution in [0.4, 0.5) is 16.2 Å². The number of halogens is 2. The Hall–Kier alpha value is -3.43. The van der Waals surface area contributed by atoms with Crippen molar-refractivity contribution < 1.29 is 14.3 Å². The predicted molar refractivity (Wildman–Crippen MR) is 149 cm³/mol. The van der Waals surface area contributed by atoms with Gasteiger partial charge in [-0.05, 0) is 46.2 Å². The highest BCUT2D eigenvalue weighted by molar-refractivity contribution is 6.34. The van der Waals surface area contributed by atoms with E-state index in [1.165, 1.54) is 12.1 Å². The zero-order valence-electron chi connectivity index (χ0n) is 22.0. The summed E-state index contributed by atoms with van der Waals surface area (Å²) in [6, 6.07) is 8.37. The number of phenols is 1. The first kappa shape index (κ1) is 26.2. The second kappa shape index (κ2) is 10.0. The van der Waals surface area contributed by atoms with Gasteiger partial charge in [-0.25, -0.2) is 9.37 Å². The van der Waals surface area contributed by atoms with E-state index in [1.807, 2.05) is 32.8 Å². The molecule has 38 heavy (non-hydrogen) atoms. The first-order valence-electron chi connectivity index (χ1n) is 12.7. The van der Waals surface area contributed by atoms with Gasteiger partial charge in [-0.1, -0.05) is 36.4 Å². The quantitative estimate of drug-likeness (QED) is 0.489. The topological polar surface area (TPSA) is 76.0 Å². The molecule has 3 heterocycles. The Labute approximate surface area is 226 Å². The summed E-state index contributed by atoms with van der Waals surface area (Å²) in [6.07, 6.45) is 1.33. The van der Waals surface area contributed by atoms with Crippen molar-refractivity contribution in [3.63, 3.8) is 0 Å². The van der Waals surface area contributed by atoms with Crippen LogP contribution in [0, 0.1) is 5.82 Å². The van der Waals surface area contributed by atoms with Gasteiger partial charge < -0.3 is 24.7 Å². The van der Waals surface area contributed by atoms with E-state index in [0.29, 0.717) is 41.8 Å². The van der Waals surface area contributed by atoms with Crippen molar-refractivity contribution in [2.24, 2.45) is 0 Å². The molecule has 1 amide bonds. The van der Waals surface area contributed by atoms with Gasteiger partial charge in [-0.3, -0.25) is 4.79 Å². The van der Waals surface area contributed by atoms with Crippen LogP contribution in [-0.2, 0) is 4.79 Å². The third-order valence-electron chi connectivity index (χ3n) is 7.62. The van der Waals surface area contributed by atoms with Gasteiger partial charge in [0, 0.05) is 60.8 Å². The second-order valence-corrected chi connectivity index (χ2v) is 10.8. The molecule has 2 atom stereocenters. The van der Waals surface area contributed by atoms with Crippen LogP contribution in [0.1, 0.15) is 13.8 Å². The van der Waals surface area contributed by atoms with E-state index in [9.17, 15) is 9.90 Å².